The summed E-state index contributed by atoms with van der Waals surface area (Å²) in [6.07, 6.45) is 6.66. The quantitative estimate of drug-likeness (QED) is 0.468. The number of hydrogen-bond donors (Lipinski definition) is 0. The third-order valence-electron chi connectivity index (χ3n) is 2.17. The second-order valence-electron chi connectivity index (χ2n) is 2.80. The lowest BCUT2D eigenvalue weighted by Gasteiger charge is -2.27. The monoisotopic (exact) mass is 124 g/mol. The Labute approximate surface area is 55.6 Å². The summed E-state index contributed by atoms with van der Waals surface area (Å²) in [5.74, 6) is 0. The fourth-order valence-electron chi connectivity index (χ4n) is 1.63. The zero-order valence-corrected chi connectivity index (χ0v) is 5.58. The summed E-state index contributed by atoms with van der Waals surface area (Å²) < 4.78 is 0. The number of nitrogens with zero attached hydrogens (tertiary/aromatic N) is 2. The summed E-state index contributed by atoms with van der Waals surface area (Å²) in [5.41, 5.74) is 0. The third kappa shape index (κ3) is 0.874. The van der Waals surface area contributed by atoms with Gasteiger partial charge in [0, 0.05) is 19.3 Å². The second kappa shape index (κ2) is 2.10. The van der Waals surface area contributed by atoms with Gasteiger partial charge in [-0.25, -0.2) is 0 Å². The van der Waals surface area contributed by atoms with Gasteiger partial charge in [0.05, 0.1) is 0 Å². The zero-order chi connectivity index (χ0) is 6.10. The van der Waals surface area contributed by atoms with Crippen molar-refractivity contribution in [3.05, 3.63) is 0 Å². The first-order valence-electron chi connectivity index (χ1n) is 3.72. The van der Waals surface area contributed by atoms with Crippen LogP contribution in [0, 0.1) is 0 Å². The van der Waals surface area contributed by atoms with Gasteiger partial charge in [0.1, 0.15) is 6.17 Å². The second-order valence-corrected chi connectivity index (χ2v) is 2.80. The molecule has 0 aliphatic carbocycles. The van der Waals surface area contributed by atoms with Crippen molar-refractivity contribution in [3.8, 4) is 0 Å². The minimum absolute atomic E-state index is 0.568. The number of rotatable bonds is 0. The molecule has 1 atom stereocenters. The van der Waals surface area contributed by atoms with E-state index in [1.165, 1.54) is 25.8 Å². The Morgan fingerprint density at radius 1 is 1.44 bits per heavy atom. The molecule has 0 radical (unpaired) electrons. The Hall–Kier alpha value is -0.370. The molecule has 2 heterocycles. The van der Waals surface area contributed by atoms with Gasteiger partial charge in [-0.2, -0.15) is 0 Å². The van der Waals surface area contributed by atoms with Gasteiger partial charge in [0.15, 0.2) is 0 Å². The molecule has 0 amide bonds. The first-order chi connectivity index (χ1) is 4.47. The largest absolute Gasteiger partial charge is 0.277 e. The van der Waals surface area contributed by atoms with Crippen LogP contribution < -0.4 is 0 Å². The first-order valence-corrected chi connectivity index (χ1v) is 3.72. The van der Waals surface area contributed by atoms with E-state index in [2.05, 4.69) is 16.1 Å². The molecule has 9 heavy (non-hydrogen) atoms. The maximum Gasteiger partial charge on any atom is 0.102 e. The van der Waals surface area contributed by atoms with Gasteiger partial charge in [-0.3, -0.25) is 9.89 Å². The number of hydrogen-bond acceptors (Lipinski definition) is 2. The van der Waals surface area contributed by atoms with Crippen LogP contribution in [0.25, 0.3) is 0 Å². The molecule has 2 rings (SSSR count). The molecule has 1 fully saturated rings. The fraction of sp³-hybridized carbons (Fsp3) is 0.857. The molecule has 1 saturated heterocycles. The van der Waals surface area contributed by atoms with E-state index in [0.717, 1.165) is 6.54 Å². The third-order valence-corrected chi connectivity index (χ3v) is 2.17. The first kappa shape index (κ1) is 5.42. The summed E-state index contributed by atoms with van der Waals surface area (Å²) in [6, 6.07) is 0. The van der Waals surface area contributed by atoms with Crippen molar-refractivity contribution in [2.75, 3.05) is 13.1 Å². The lowest BCUT2D eigenvalue weighted by Crippen LogP contribution is -2.34. The highest BCUT2D eigenvalue weighted by atomic mass is 15.3. The predicted octanol–water partition coefficient (Wildman–Crippen LogP) is 0.883. The summed E-state index contributed by atoms with van der Waals surface area (Å²) in [6.45, 7) is 2.37. The molecule has 0 aromatic heterocycles. The van der Waals surface area contributed by atoms with Crippen molar-refractivity contribution >= 4 is 6.21 Å². The summed E-state index contributed by atoms with van der Waals surface area (Å²) in [5, 5.41) is 0. The van der Waals surface area contributed by atoms with E-state index in [4.69, 9.17) is 0 Å². The molecule has 0 bridgehead atoms. The van der Waals surface area contributed by atoms with Crippen LogP contribution in [-0.4, -0.2) is 30.4 Å². The fourth-order valence-corrected chi connectivity index (χ4v) is 1.63. The molecule has 0 N–H and O–H groups in total. The van der Waals surface area contributed by atoms with Crippen molar-refractivity contribution < 1.29 is 0 Å². The van der Waals surface area contributed by atoms with Gasteiger partial charge >= 0.3 is 0 Å². The normalized spacial score (nSPS) is 34.9. The Bertz CT molecular complexity index is 131. The lowest BCUT2D eigenvalue weighted by molar-refractivity contribution is 0.195. The van der Waals surface area contributed by atoms with E-state index in [1.807, 2.05) is 0 Å². The highest BCUT2D eigenvalue weighted by Crippen LogP contribution is 2.19. The Morgan fingerprint density at radius 3 is 3.33 bits per heavy atom. The minimum atomic E-state index is 0.568. The maximum atomic E-state index is 4.36. The lowest BCUT2D eigenvalue weighted by atomic mass is 10.1. The highest BCUT2D eigenvalue weighted by molar-refractivity contribution is 5.62. The van der Waals surface area contributed by atoms with Crippen LogP contribution in [0.2, 0.25) is 0 Å². The van der Waals surface area contributed by atoms with Crippen molar-refractivity contribution in [1.82, 2.24) is 4.90 Å². The van der Waals surface area contributed by atoms with Gasteiger partial charge in [-0.1, -0.05) is 0 Å². The molecule has 0 saturated carbocycles. The van der Waals surface area contributed by atoms with Crippen LogP contribution in [0.5, 0.6) is 0 Å². The van der Waals surface area contributed by atoms with Crippen LogP contribution in [0.4, 0.5) is 0 Å². The average molecular weight is 124 g/mol. The van der Waals surface area contributed by atoms with Crippen molar-refractivity contribution in [2.24, 2.45) is 4.99 Å². The van der Waals surface area contributed by atoms with E-state index < -0.39 is 0 Å². The molecule has 2 aliphatic rings. The van der Waals surface area contributed by atoms with Crippen molar-refractivity contribution in [2.45, 2.75) is 25.4 Å². The van der Waals surface area contributed by atoms with Crippen LogP contribution in [0.3, 0.4) is 0 Å². The Balaban J connectivity index is 2.03. The van der Waals surface area contributed by atoms with Gasteiger partial charge < -0.3 is 0 Å². The average Bonchev–Trinajstić information content (AvgIpc) is 2.33. The Kier molecular flexibility index (Phi) is 1.27. The number of aliphatic imine (C=N–C) groups is 1. The molecular weight excluding hydrogens is 112 g/mol. The van der Waals surface area contributed by atoms with Gasteiger partial charge in [0.25, 0.3) is 0 Å². The van der Waals surface area contributed by atoms with Gasteiger partial charge in [-0.05, 0) is 19.3 Å². The minimum Gasteiger partial charge on any atom is -0.277 e. The Morgan fingerprint density at radius 2 is 2.44 bits per heavy atom. The molecule has 0 spiro atoms. The van der Waals surface area contributed by atoms with Crippen LogP contribution in [0.15, 0.2) is 4.99 Å². The van der Waals surface area contributed by atoms with Crippen LogP contribution in [0.1, 0.15) is 19.3 Å². The molecule has 0 aromatic carbocycles. The maximum absolute atomic E-state index is 4.36. The van der Waals surface area contributed by atoms with Gasteiger partial charge in [0.2, 0.25) is 0 Å². The van der Waals surface area contributed by atoms with Gasteiger partial charge in [-0.15, -0.1) is 0 Å². The van der Waals surface area contributed by atoms with E-state index >= 15 is 0 Å². The SMILES string of the molecule is C1=NC2CCCCN2C1. The zero-order valence-electron chi connectivity index (χ0n) is 5.58. The molecule has 1 unspecified atom stereocenters. The van der Waals surface area contributed by atoms with E-state index in [0.29, 0.717) is 6.17 Å². The predicted molar refractivity (Wildman–Crippen MR) is 37.7 cm³/mol. The molecule has 2 nitrogen and oxygen atoms in total. The topological polar surface area (TPSA) is 15.6 Å². The molecule has 50 valence electrons. The van der Waals surface area contributed by atoms with Crippen molar-refractivity contribution in [3.63, 3.8) is 0 Å². The molecule has 2 aliphatic heterocycles. The van der Waals surface area contributed by atoms with Crippen LogP contribution >= 0.6 is 0 Å². The van der Waals surface area contributed by atoms with Crippen LogP contribution in [-0.2, 0) is 0 Å². The highest BCUT2D eigenvalue weighted by Gasteiger charge is 2.23. The van der Waals surface area contributed by atoms with Crippen molar-refractivity contribution in [1.29, 1.82) is 0 Å². The number of piperidine rings is 1. The number of fused-ring (bicyclic) bond motifs is 1. The summed E-state index contributed by atoms with van der Waals surface area (Å²) in [7, 11) is 0. The van der Waals surface area contributed by atoms with E-state index in [-0.39, 0.29) is 0 Å². The molecular formula is C7H12N2. The molecule has 0 aromatic rings. The molecule has 2 heteroatoms. The summed E-state index contributed by atoms with van der Waals surface area (Å²) in [4.78, 5) is 6.81. The smallest absolute Gasteiger partial charge is 0.102 e. The van der Waals surface area contributed by atoms with E-state index in [9.17, 15) is 0 Å². The standard InChI is InChI=1S/C7H12N2/c1-2-5-9-6-4-8-7(9)3-1/h4,7H,1-3,5-6H2. The summed E-state index contributed by atoms with van der Waals surface area (Å²) >= 11 is 0. The van der Waals surface area contributed by atoms with E-state index in [1.54, 1.807) is 0 Å².